The summed E-state index contributed by atoms with van der Waals surface area (Å²) in [4.78, 5) is 12.2. The number of sulfonamides is 1. The molecule has 0 aliphatic rings. The Morgan fingerprint density at radius 2 is 1.74 bits per heavy atom. The van der Waals surface area contributed by atoms with Crippen LogP contribution in [0.25, 0.3) is 0 Å². The quantitative estimate of drug-likeness (QED) is 0.562. The minimum Gasteiger partial charge on any atom is -0.423 e. The lowest BCUT2D eigenvalue weighted by molar-refractivity contribution is 0.0734. The maximum absolute atomic E-state index is 12.2. The van der Waals surface area contributed by atoms with E-state index in [2.05, 4.69) is 15.9 Å². The van der Waals surface area contributed by atoms with Crippen molar-refractivity contribution in [2.24, 2.45) is 0 Å². The first-order chi connectivity index (χ1) is 10.7. The molecule has 23 heavy (non-hydrogen) atoms. The lowest BCUT2D eigenvalue weighted by Gasteiger charge is -2.13. The molecule has 0 saturated heterocycles. The van der Waals surface area contributed by atoms with Gasteiger partial charge in [-0.15, -0.1) is 0 Å². The molecule has 0 fully saturated rings. The average molecular weight is 419 g/mol. The van der Waals surface area contributed by atoms with E-state index in [4.69, 9.17) is 16.3 Å². The Kier molecular flexibility index (Phi) is 5.46. The van der Waals surface area contributed by atoms with E-state index in [1.54, 1.807) is 24.3 Å². The zero-order valence-corrected chi connectivity index (χ0v) is 15.4. The molecule has 0 amide bonds. The number of benzene rings is 2. The molecule has 0 saturated carbocycles. The van der Waals surface area contributed by atoms with Crippen LogP contribution in [-0.4, -0.2) is 32.8 Å². The summed E-state index contributed by atoms with van der Waals surface area (Å²) in [7, 11) is -0.854. The molecule has 2 aromatic rings. The number of nitrogens with zero attached hydrogens (tertiary/aromatic N) is 1. The predicted molar refractivity (Wildman–Crippen MR) is 91.4 cm³/mol. The van der Waals surface area contributed by atoms with E-state index in [-0.39, 0.29) is 15.5 Å². The fourth-order valence-corrected chi connectivity index (χ4v) is 3.08. The van der Waals surface area contributed by atoms with Crippen LogP contribution in [0.4, 0.5) is 0 Å². The Morgan fingerprint density at radius 1 is 1.13 bits per heavy atom. The van der Waals surface area contributed by atoms with Gasteiger partial charge in [0.1, 0.15) is 5.75 Å². The molecule has 0 atom stereocenters. The molecular weight excluding hydrogens is 406 g/mol. The predicted octanol–water partition coefficient (Wildman–Crippen LogP) is 3.57. The van der Waals surface area contributed by atoms with Gasteiger partial charge in [-0.2, -0.15) is 0 Å². The first kappa shape index (κ1) is 17.9. The number of ether oxygens (including phenoxy) is 1. The third-order valence-corrected chi connectivity index (χ3v) is 5.63. The average Bonchev–Trinajstić information content (AvgIpc) is 2.49. The van der Waals surface area contributed by atoms with E-state index in [1.165, 1.54) is 32.3 Å². The minimum absolute atomic E-state index is 0.0162. The molecule has 0 aliphatic carbocycles. The number of rotatable bonds is 4. The van der Waals surface area contributed by atoms with Gasteiger partial charge in [0, 0.05) is 18.6 Å². The van der Waals surface area contributed by atoms with Gasteiger partial charge in [-0.05, 0) is 42.5 Å². The molecule has 0 heterocycles. The second kappa shape index (κ2) is 7.00. The lowest BCUT2D eigenvalue weighted by atomic mass is 10.2. The van der Waals surface area contributed by atoms with Crippen molar-refractivity contribution < 1.29 is 17.9 Å². The second-order valence-electron chi connectivity index (χ2n) is 4.77. The molecular formula is C15H13BrClNO4S. The third kappa shape index (κ3) is 4.11. The van der Waals surface area contributed by atoms with Crippen molar-refractivity contribution in [3.63, 3.8) is 0 Å². The van der Waals surface area contributed by atoms with E-state index < -0.39 is 16.0 Å². The number of carbonyl (C=O) groups excluding carboxylic acids is 1. The first-order valence-corrected chi connectivity index (χ1v) is 9.03. The van der Waals surface area contributed by atoms with Crippen molar-refractivity contribution >= 4 is 43.5 Å². The molecule has 0 radical (unpaired) electrons. The molecule has 0 N–H and O–H groups in total. The molecule has 0 unspecified atom stereocenters. The third-order valence-electron chi connectivity index (χ3n) is 2.96. The van der Waals surface area contributed by atoms with Crippen molar-refractivity contribution in [3.8, 4) is 5.75 Å². The molecule has 0 aromatic heterocycles. The van der Waals surface area contributed by atoms with Crippen LogP contribution >= 0.6 is 27.5 Å². The lowest BCUT2D eigenvalue weighted by Crippen LogP contribution is -2.22. The SMILES string of the molecule is CN(C)S(=O)(=O)c1ccc(Cl)c(C(=O)Oc2ccc(Br)cc2)c1. The molecule has 2 rings (SSSR count). The summed E-state index contributed by atoms with van der Waals surface area (Å²) in [6.07, 6.45) is 0. The fourth-order valence-electron chi connectivity index (χ4n) is 1.70. The Balaban J connectivity index is 2.35. The van der Waals surface area contributed by atoms with E-state index in [0.717, 1.165) is 8.78 Å². The molecule has 5 nitrogen and oxygen atoms in total. The monoisotopic (exact) mass is 417 g/mol. The van der Waals surface area contributed by atoms with E-state index >= 15 is 0 Å². The topological polar surface area (TPSA) is 63.7 Å². The highest BCUT2D eigenvalue weighted by molar-refractivity contribution is 9.10. The zero-order chi connectivity index (χ0) is 17.2. The van der Waals surface area contributed by atoms with Crippen molar-refractivity contribution in [3.05, 3.63) is 57.5 Å². The molecule has 0 aliphatic heterocycles. The Labute approximate surface area is 148 Å². The van der Waals surface area contributed by atoms with Crippen LogP contribution in [0.15, 0.2) is 51.8 Å². The fraction of sp³-hybridized carbons (Fsp3) is 0.133. The molecule has 2 aromatic carbocycles. The standard InChI is InChI=1S/C15H13BrClNO4S/c1-18(2)23(20,21)12-7-8-14(17)13(9-12)15(19)22-11-5-3-10(16)4-6-11/h3-9H,1-2H3. The smallest absolute Gasteiger partial charge is 0.345 e. The van der Waals surface area contributed by atoms with Crippen molar-refractivity contribution in [2.45, 2.75) is 4.90 Å². The number of halogens is 2. The highest BCUT2D eigenvalue weighted by atomic mass is 79.9. The number of hydrogen-bond acceptors (Lipinski definition) is 4. The van der Waals surface area contributed by atoms with Gasteiger partial charge in [0.15, 0.2) is 0 Å². The Bertz CT molecular complexity index is 835. The van der Waals surface area contributed by atoms with Gasteiger partial charge >= 0.3 is 5.97 Å². The van der Waals surface area contributed by atoms with Crippen LogP contribution in [0.2, 0.25) is 5.02 Å². The van der Waals surface area contributed by atoms with Crippen LogP contribution in [0.5, 0.6) is 5.75 Å². The number of esters is 1. The number of carbonyl (C=O) groups is 1. The molecule has 8 heteroatoms. The maximum atomic E-state index is 12.2. The van der Waals surface area contributed by atoms with Gasteiger partial charge in [0.25, 0.3) is 0 Å². The van der Waals surface area contributed by atoms with Gasteiger partial charge in [-0.25, -0.2) is 17.5 Å². The van der Waals surface area contributed by atoms with Crippen LogP contribution in [0.3, 0.4) is 0 Å². The first-order valence-electron chi connectivity index (χ1n) is 6.41. The maximum Gasteiger partial charge on any atom is 0.345 e. The highest BCUT2D eigenvalue weighted by Crippen LogP contribution is 2.24. The zero-order valence-electron chi connectivity index (χ0n) is 12.3. The van der Waals surface area contributed by atoms with Crippen LogP contribution < -0.4 is 4.74 Å². The molecule has 0 bridgehead atoms. The van der Waals surface area contributed by atoms with E-state index in [9.17, 15) is 13.2 Å². The van der Waals surface area contributed by atoms with E-state index in [0.29, 0.717) is 5.75 Å². The van der Waals surface area contributed by atoms with Crippen molar-refractivity contribution in [1.82, 2.24) is 4.31 Å². The van der Waals surface area contributed by atoms with Gasteiger partial charge < -0.3 is 4.74 Å². The van der Waals surface area contributed by atoms with Crippen molar-refractivity contribution in [1.29, 1.82) is 0 Å². The second-order valence-corrected chi connectivity index (χ2v) is 8.25. The molecule has 0 spiro atoms. The molecule has 122 valence electrons. The van der Waals surface area contributed by atoms with E-state index in [1.807, 2.05) is 0 Å². The van der Waals surface area contributed by atoms with Crippen LogP contribution in [-0.2, 0) is 10.0 Å². The summed E-state index contributed by atoms with van der Waals surface area (Å²) in [5.74, 6) is -0.400. The summed E-state index contributed by atoms with van der Waals surface area (Å²) in [5.41, 5.74) is -0.0162. The summed E-state index contributed by atoms with van der Waals surface area (Å²) in [6, 6.07) is 10.6. The summed E-state index contributed by atoms with van der Waals surface area (Å²) in [5, 5.41) is 0.116. The van der Waals surface area contributed by atoms with Crippen LogP contribution in [0.1, 0.15) is 10.4 Å². The summed E-state index contributed by atoms with van der Waals surface area (Å²) >= 11 is 9.28. The van der Waals surface area contributed by atoms with Gasteiger partial charge in [-0.3, -0.25) is 0 Å². The Hall–Kier alpha value is -1.41. The van der Waals surface area contributed by atoms with Gasteiger partial charge in [0.05, 0.1) is 15.5 Å². The minimum atomic E-state index is -3.67. The largest absolute Gasteiger partial charge is 0.423 e. The Morgan fingerprint density at radius 3 is 2.30 bits per heavy atom. The van der Waals surface area contributed by atoms with Gasteiger partial charge in [-0.1, -0.05) is 27.5 Å². The summed E-state index contributed by atoms with van der Waals surface area (Å²) < 4.78 is 31.4. The number of hydrogen-bond donors (Lipinski definition) is 0. The van der Waals surface area contributed by atoms with Gasteiger partial charge in [0.2, 0.25) is 10.0 Å². The normalized spacial score (nSPS) is 11.5. The van der Waals surface area contributed by atoms with Crippen molar-refractivity contribution in [2.75, 3.05) is 14.1 Å². The summed E-state index contributed by atoms with van der Waals surface area (Å²) in [6.45, 7) is 0. The highest BCUT2D eigenvalue weighted by Gasteiger charge is 2.21. The van der Waals surface area contributed by atoms with Crippen LogP contribution in [0, 0.1) is 0 Å².